The Labute approximate surface area is 142 Å². The fourth-order valence-electron chi connectivity index (χ4n) is 2.22. The van der Waals surface area contributed by atoms with Crippen molar-refractivity contribution in [2.75, 3.05) is 12.5 Å². The Hall–Kier alpha value is -3.42. The minimum absolute atomic E-state index is 0.307. The van der Waals surface area contributed by atoms with Gasteiger partial charge < -0.3 is 9.94 Å². The lowest BCUT2D eigenvalue weighted by Gasteiger charge is -2.08. The second kappa shape index (κ2) is 7.00. The summed E-state index contributed by atoms with van der Waals surface area (Å²) < 4.78 is 22.8. The molecular formula is C17H15FN4O3. The Kier molecular flexibility index (Phi) is 4.60. The van der Waals surface area contributed by atoms with Crippen molar-refractivity contribution in [1.29, 1.82) is 0 Å². The minimum atomic E-state index is -0.307. The van der Waals surface area contributed by atoms with Gasteiger partial charge in [-0.2, -0.15) is 5.10 Å². The summed E-state index contributed by atoms with van der Waals surface area (Å²) in [6, 6.07) is 11.2. The van der Waals surface area contributed by atoms with E-state index in [0.717, 1.165) is 5.56 Å². The van der Waals surface area contributed by atoms with Crippen LogP contribution in [0.5, 0.6) is 5.75 Å². The molecule has 0 fully saturated rings. The highest BCUT2D eigenvalue weighted by Gasteiger charge is 2.18. The van der Waals surface area contributed by atoms with Crippen LogP contribution in [0.25, 0.3) is 11.3 Å². The Bertz CT molecular complexity index is 907. The van der Waals surface area contributed by atoms with Gasteiger partial charge in [-0.3, -0.25) is 10.1 Å². The largest absolute Gasteiger partial charge is 0.495 e. The lowest BCUT2D eigenvalue weighted by molar-refractivity contribution is -0.806. The van der Waals surface area contributed by atoms with Crippen LogP contribution in [0.2, 0.25) is 0 Å². The van der Waals surface area contributed by atoms with Gasteiger partial charge in [-0.25, -0.2) is 4.39 Å². The van der Waals surface area contributed by atoms with Crippen LogP contribution in [0.4, 0.5) is 10.1 Å². The third kappa shape index (κ3) is 3.57. The highest BCUT2D eigenvalue weighted by atomic mass is 19.1. The summed E-state index contributed by atoms with van der Waals surface area (Å²) in [6.07, 6.45) is 1.55. The number of halogens is 1. The zero-order chi connectivity index (χ0) is 17.8. The van der Waals surface area contributed by atoms with E-state index in [2.05, 4.69) is 20.3 Å². The van der Waals surface area contributed by atoms with Crippen LogP contribution in [0, 0.1) is 17.9 Å². The maximum absolute atomic E-state index is 12.9. The normalized spacial score (nSPS) is 11.0. The Morgan fingerprint density at radius 2 is 2.04 bits per heavy atom. The third-order valence-corrected chi connectivity index (χ3v) is 3.56. The third-order valence-electron chi connectivity index (χ3n) is 3.56. The summed E-state index contributed by atoms with van der Waals surface area (Å²) >= 11 is 0. The topological polar surface area (TPSA) is 86.6 Å². The van der Waals surface area contributed by atoms with Crippen molar-refractivity contribution in [3.05, 3.63) is 64.7 Å². The summed E-state index contributed by atoms with van der Waals surface area (Å²) in [7, 11) is 1.54. The minimum Gasteiger partial charge on any atom is -0.495 e. The van der Waals surface area contributed by atoms with E-state index in [4.69, 9.17) is 4.74 Å². The molecule has 128 valence electrons. The molecule has 0 aliphatic carbocycles. The molecule has 8 heteroatoms. The molecule has 2 aromatic carbocycles. The number of aromatic nitrogens is 2. The number of nitrogens with zero attached hydrogens (tertiary/aromatic N) is 3. The first-order chi connectivity index (χ1) is 12.1. The summed E-state index contributed by atoms with van der Waals surface area (Å²) in [4.78, 5) is 0.347. The number of methoxy groups -OCH3 is 1. The molecule has 25 heavy (non-hydrogen) atoms. The van der Waals surface area contributed by atoms with Crippen LogP contribution < -0.4 is 15.1 Å². The highest BCUT2D eigenvalue weighted by Crippen LogP contribution is 2.30. The zero-order valence-corrected chi connectivity index (χ0v) is 13.6. The van der Waals surface area contributed by atoms with Gasteiger partial charge in [0.25, 0.3) is 5.69 Å². The number of anilines is 1. The molecule has 1 N–H and O–H groups in total. The van der Waals surface area contributed by atoms with Crippen molar-refractivity contribution in [2.24, 2.45) is 5.10 Å². The lowest BCUT2D eigenvalue weighted by atomic mass is 10.1. The number of benzene rings is 2. The summed E-state index contributed by atoms with van der Waals surface area (Å²) in [5, 5.41) is 19.2. The second-order valence-corrected chi connectivity index (χ2v) is 5.20. The van der Waals surface area contributed by atoms with Gasteiger partial charge in [0.2, 0.25) is 5.69 Å². The van der Waals surface area contributed by atoms with Crippen LogP contribution >= 0.6 is 0 Å². The Morgan fingerprint density at radius 3 is 2.68 bits per heavy atom. The number of hydrazone groups is 1. The molecule has 1 aromatic heterocycles. The molecule has 0 bridgehead atoms. The van der Waals surface area contributed by atoms with Crippen molar-refractivity contribution in [3.8, 4) is 17.0 Å². The molecule has 0 spiro atoms. The second-order valence-electron chi connectivity index (χ2n) is 5.20. The van der Waals surface area contributed by atoms with Gasteiger partial charge in [0, 0.05) is 17.6 Å². The SMILES string of the molecule is COc1ccc(-c2no[n+]([O-])c2C)cc1N/N=C/c1ccc(F)cc1. The molecule has 7 nitrogen and oxygen atoms in total. The van der Waals surface area contributed by atoms with E-state index in [-0.39, 0.29) is 5.82 Å². The molecular weight excluding hydrogens is 327 g/mol. The quantitative estimate of drug-likeness (QED) is 0.438. The van der Waals surface area contributed by atoms with Crippen LogP contribution in [-0.4, -0.2) is 18.5 Å². The molecule has 3 aromatic rings. The number of ether oxygens (including phenoxy) is 1. The fourth-order valence-corrected chi connectivity index (χ4v) is 2.22. The Morgan fingerprint density at radius 1 is 1.28 bits per heavy atom. The maximum Gasteiger partial charge on any atom is 0.251 e. The molecule has 0 amide bonds. The first-order valence-corrected chi connectivity index (χ1v) is 7.38. The molecule has 0 unspecified atom stereocenters. The lowest BCUT2D eigenvalue weighted by Crippen LogP contribution is -2.25. The number of hydrogen-bond acceptors (Lipinski definition) is 6. The number of rotatable bonds is 5. The van der Waals surface area contributed by atoms with Crippen molar-refractivity contribution in [3.63, 3.8) is 0 Å². The fraction of sp³-hybridized carbons (Fsp3) is 0.118. The summed E-state index contributed by atoms with van der Waals surface area (Å²) in [5.41, 5.74) is 5.66. The Balaban J connectivity index is 1.85. The molecule has 0 aliphatic rings. The average Bonchev–Trinajstić information content (AvgIpc) is 2.96. The predicted octanol–water partition coefficient (Wildman–Crippen LogP) is 2.88. The predicted molar refractivity (Wildman–Crippen MR) is 89.8 cm³/mol. The molecule has 3 rings (SSSR count). The maximum atomic E-state index is 12.9. The van der Waals surface area contributed by atoms with Gasteiger partial charge in [-0.15, -0.1) is 0 Å². The van der Waals surface area contributed by atoms with Crippen LogP contribution in [-0.2, 0) is 0 Å². The van der Waals surface area contributed by atoms with Gasteiger partial charge >= 0.3 is 0 Å². The van der Waals surface area contributed by atoms with E-state index < -0.39 is 0 Å². The van der Waals surface area contributed by atoms with E-state index in [1.165, 1.54) is 19.2 Å². The van der Waals surface area contributed by atoms with E-state index in [0.29, 0.717) is 33.3 Å². The summed E-state index contributed by atoms with van der Waals surface area (Å²) in [6.45, 7) is 1.61. The zero-order valence-electron chi connectivity index (χ0n) is 13.6. The standard InChI is InChI=1S/C17H15FN4O3/c1-11-17(21-25-22(11)23)13-5-8-16(24-2)15(9-13)20-19-10-12-3-6-14(18)7-4-12/h3-10,20H,1-2H3/b19-10+. The van der Waals surface area contributed by atoms with Crippen LogP contribution in [0.3, 0.4) is 0 Å². The molecule has 1 heterocycles. The van der Waals surface area contributed by atoms with Gasteiger partial charge in [-0.1, -0.05) is 12.1 Å². The van der Waals surface area contributed by atoms with E-state index in [1.54, 1.807) is 43.5 Å². The van der Waals surface area contributed by atoms with E-state index in [9.17, 15) is 9.60 Å². The monoisotopic (exact) mass is 342 g/mol. The van der Waals surface area contributed by atoms with Gasteiger partial charge in [0.15, 0.2) is 0 Å². The molecule has 0 atom stereocenters. The van der Waals surface area contributed by atoms with Crippen LogP contribution in [0.15, 0.2) is 52.2 Å². The van der Waals surface area contributed by atoms with Gasteiger partial charge in [-0.05, 0) is 40.8 Å². The van der Waals surface area contributed by atoms with Gasteiger partial charge in [0.1, 0.15) is 11.6 Å². The highest BCUT2D eigenvalue weighted by molar-refractivity contribution is 5.80. The van der Waals surface area contributed by atoms with Crippen molar-refractivity contribution < 1.29 is 18.7 Å². The van der Waals surface area contributed by atoms with Crippen molar-refractivity contribution >= 4 is 11.9 Å². The van der Waals surface area contributed by atoms with Crippen LogP contribution in [0.1, 0.15) is 11.3 Å². The number of nitrogens with one attached hydrogen (secondary N) is 1. The van der Waals surface area contributed by atoms with Gasteiger partial charge in [0.05, 0.1) is 19.0 Å². The first-order valence-electron chi connectivity index (χ1n) is 7.38. The molecule has 0 saturated carbocycles. The van der Waals surface area contributed by atoms with E-state index in [1.807, 2.05) is 0 Å². The number of hydrogen-bond donors (Lipinski definition) is 1. The van der Waals surface area contributed by atoms with Crippen molar-refractivity contribution in [1.82, 2.24) is 5.16 Å². The molecule has 0 saturated heterocycles. The molecule has 0 aliphatic heterocycles. The van der Waals surface area contributed by atoms with Crippen molar-refractivity contribution in [2.45, 2.75) is 6.92 Å². The smallest absolute Gasteiger partial charge is 0.251 e. The first kappa shape index (κ1) is 16.4. The average molecular weight is 342 g/mol. The molecule has 0 radical (unpaired) electrons. The van der Waals surface area contributed by atoms with E-state index >= 15 is 0 Å². The summed E-state index contributed by atoms with van der Waals surface area (Å²) in [5.74, 6) is 0.259.